The molecule has 4 rings (SSSR count). The lowest BCUT2D eigenvalue weighted by atomic mass is 9.81. The Hall–Kier alpha value is -3.74. The molecule has 0 spiro atoms. The molecule has 0 unspecified atom stereocenters. The first kappa shape index (κ1) is 24.4. The van der Waals surface area contributed by atoms with E-state index in [1.807, 2.05) is 0 Å². The average Bonchev–Trinajstić information content (AvgIpc) is 3.31. The van der Waals surface area contributed by atoms with Crippen LogP contribution in [-0.4, -0.2) is 41.4 Å². The van der Waals surface area contributed by atoms with Gasteiger partial charge in [0, 0.05) is 18.0 Å². The van der Waals surface area contributed by atoms with Crippen LogP contribution < -0.4 is 14.8 Å². The van der Waals surface area contributed by atoms with Gasteiger partial charge in [0.05, 0.1) is 13.2 Å². The van der Waals surface area contributed by atoms with E-state index in [2.05, 4.69) is 20.0 Å². The molecule has 3 heterocycles. The van der Waals surface area contributed by atoms with Crippen molar-refractivity contribution in [3.63, 3.8) is 0 Å². The van der Waals surface area contributed by atoms with Crippen LogP contribution in [0.1, 0.15) is 44.9 Å². The van der Waals surface area contributed by atoms with Crippen molar-refractivity contribution >= 4 is 23.2 Å². The number of thiazole rings is 1. The molecule has 0 saturated heterocycles. The number of pyridine rings is 1. The van der Waals surface area contributed by atoms with E-state index in [9.17, 15) is 27.2 Å². The van der Waals surface area contributed by atoms with Crippen LogP contribution in [0.2, 0.25) is 0 Å². The minimum atomic E-state index is -5.08. The molecule has 0 saturated carbocycles. The highest BCUT2D eigenvalue weighted by molar-refractivity contribution is 7.11. The molecule has 35 heavy (non-hydrogen) atoms. The highest BCUT2D eigenvalue weighted by Gasteiger charge is 2.43. The average molecular weight is 511 g/mol. The number of ether oxygens (including phenoxy) is 3. The van der Waals surface area contributed by atoms with Gasteiger partial charge in [-0.15, -0.1) is 24.5 Å². The molecule has 1 amide bonds. The quantitative estimate of drug-likeness (QED) is 0.391. The lowest BCUT2D eigenvalue weighted by Crippen LogP contribution is -2.50. The molecule has 1 N–H and O–H groups in total. The number of aromatic nitrogens is 2. The molecule has 1 atom stereocenters. The van der Waals surface area contributed by atoms with E-state index in [-0.39, 0.29) is 41.6 Å². The molecule has 2 aromatic heterocycles. The first-order chi connectivity index (χ1) is 16.6. The summed E-state index contributed by atoms with van der Waals surface area (Å²) in [7, 11) is 0. The van der Waals surface area contributed by atoms with E-state index in [4.69, 9.17) is 9.47 Å². The second-order valence-corrected chi connectivity index (χ2v) is 8.12. The van der Waals surface area contributed by atoms with Crippen LogP contribution in [0.5, 0.6) is 11.5 Å². The number of halogens is 4. The van der Waals surface area contributed by atoms with Gasteiger partial charge >= 0.3 is 12.3 Å². The molecule has 1 aromatic carbocycles. The number of nitrogens with zero attached hydrogens (tertiary/aromatic N) is 2. The summed E-state index contributed by atoms with van der Waals surface area (Å²) in [5.74, 6) is -3.40. The van der Waals surface area contributed by atoms with Gasteiger partial charge in [0.15, 0.2) is 11.6 Å². The van der Waals surface area contributed by atoms with Crippen LogP contribution in [-0.2, 0) is 10.3 Å². The van der Waals surface area contributed by atoms with Crippen molar-refractivity contribution in [2.45, 2.75) is 25.2 Å². The summed E-state index contributed by atoms with van der Waals surface area (Å²) in [6, 6.07) is 6.08. The SMILES string of the molecule is CCOC(=O)c1nc(C(=O)N[C@]2(c3ccc(OC(F)(F)F)c(F)c3)CCOc3cccnc32)cs1. The summed E-state index contributed by atoms with van der Waals surface area (Å²) in [6.07, 6.45) is -3.56. The molecule has 0 radical (unpaired) electrons. The van der Waals surface area contributed by atoms with E-state index >= 15 is 0 Å². The number of esters is 1. The predicted octanol–water partition coefficient (Wildman–Crippen LogP) is 4.21. The second kappa shape index (κ2) is 9.49. The maximum absolute atomic E-state index is 14.7. The third-order valence-electron chi connectivity index (χ3n) is 5.07. The second-order valence-electron chi connectivity index (χ2n) is 7.26. The molecular formula is C22H17F4N3O5S. The zero-order valence-corrected chi connectivity index (χ0v) is 18.8. The monoisotopic (exact) mass is 511 g/mol. The van der Waals surface area contributed by atoms with Crippen LogP contribution in [0.25, 0.3) is 0 Å². The summed E-state index contributed by atoms with van der Waals surface area (Å²) in [5, 5.41) is 4.11. The van der Waals surface area contributed by atoms with E-state index in [1.54, 1.807) is 19.1 Å². The minimum absolute atomic E-state index is 0.0313. The number of rotatable bonds is 6. The summed E-state index contributed by atoms with van der Waals surface area (Å²) in [6.45, 7) is 1.85. The lowest BCUT2D eigenvalue weighted by molar-refractivity contribution is -0.275. The highest BCUT2D eigenvalue weighted by Crippen LogP contribution is 2.42. The molecule has 1 aliphatic rings. The summed E-state index contributed by atoms with van der Waals surface area (Å²) >= 11 is 0.908. The van der Waals surface area contributed by atoms with Gasteiger partial charge in [-0.2, -0.15) is 0 Å². The first-order valence-corrected chi connectivity index (χ1v) is 11.1. The molecule has 1 aliphatic heterocycles. The Morgan fingerprint density at radius 2 is 2.09 bits per heavy atom. The number of hydrogen-bond donors (Lipinski definition) is 1. The topological polar surface area (TPSA) is 99.6 Å². The smallest absolute Gasteiger partial charge is 0.491 e. The molecule has 0 fully saturated rings. The predicted molar refractivity (Wildman–Crippen MR) is 114 cm³/mol. The fraction of sp³-hybridized carbons (Fsp3) is 0.273. The van der Waals surface area contributed by atoms with Crippen LogP contribution in [0, 0.1) is 5.82 Å². The summed E-state index contributed by atoms with van der Waals surface area (Å²) < 4.78 is 66.7. The number of hydrogen-bond acceptors (Lipinski definition) is 8. The Balaban J connectivity index is 1.75. The third-order valence-corrected chi connectivity index (χ3v) is 5.90. The van der Waals surface area contributed by atoms with E-state index in [0.29, 0.717) is 5.75 Å². The fourth-order valence-electron chi connectivity index (χ4n) is 3.63. The van der Waals surface area contributed by atoms with Gasteiger partial charge in [0.1, 0.15) is 22.7 Å². The Labute approximate surface area is 199 Å². The van der Waals surface area contributed by atoms with Gasteiger partial charge in [-0.1, -0.05) is 6.07 Å². The van der Waals surface area contributed by atoms with Crippen molar-refractivity contribution in [3.8, 4) is 11.5 Å². The minimum Gasteiger partial charge on any atom is -0.491 e. The summed E-state index contributed by atoms with van der Waals surface area (Å²) in [5.41, 5.74) is -1.23. The molecule has 0 bridgehead atoms. The van der Waals surface area contributed by atoms with Crippen molar-refractivity contribution < 1.29 is 41.4 Å². The first-order valence-electron chi connectivity index (χ1n) is 10.2. The fourth-order valence-corrected chi connectivity index (χ4v) is 4.32. The van der Waals surface area contributed by atoms with Gasteiger partial charge in [-0.25, -0.2) is 14.2 Å². The van der Waals surface area contributed by atoms with Gasteiger partial charge < -0.3 is 19.5 Å². The lowest BCUT2D eigenvalue weighted by Gasteiger charge is -2.38. The van der Waals surface area contributed by atoms with Gasteiger partial charge in [-0.3, -0.25) is 9.78 Å². The number of carbonyl (C=O) groups excluding carboxylic acids is 2. The van der Waals surface area contributed by atoms with Gasteiger partial charge in [0.2, 0.25) is 5.01 Å². The number of benzene rings is 1. The third kappa shape index (κ3) is 5.04. The van der Waals surface area contributed by atoms with Crippen molar-refractivity contribution in [2.75, 3.05) is 13.2 Å². The van der Waals surface area contributed by atoms with Gasteiger partial charge in [-0.05, 0) is 36.8 Å². The zero-order chi connectivity index (χ0) is 25.2. The molecule has 8 nitrogen and oxygen atoms in total. The maximum Gasteiger partial charge on any atom is 0.573 e. The molecule has 13 heteroatoms. The largest absolute Gasteiger partial charge is 0.573 e. The standard InChI is InChI=1S/C22H17F4N3O5S/c1-2-32-20(31)19-28-14(11-35-19)18(30)29-21(7-9-33-16-4-3-8-27-17(16)21)12-5-6-15(13(23)10-12)34-22(24,25)26/h3-6,8,10-11H,2,7,9H2,1H3,(H,29,30)/t21-/m0/s1. The Bertz CT molecular complexity index is 1270. The maximum atomic E-state index is 14.7. The normalized spacial score (nSPS) is 17.2. The number of amides is 1. The number of carbonyl (C=O) groups is 2. The Kier molecular flexibility index (Phi) is 6.61. The number of nitrogens with one attached hydrogen (secondary N) is 1. The Morgan fingerprint density at radius 1 is 1.29 bits per heavy atom. The van der Waals surface area contributed by atoms with E-state index in [0.717, 1.165) is 23.5 Å². The van der Waals surface area contributed by atoms with Crippen molar-refractivity contribution in [3.05, 3.63) is 69.7 Å². The van der Waals surface area contributed by atoms with Crippen LogP contribution >= 0.6 is 11.3 Å². The molecule has 184 valence electrons. The molecule has 0 aliphatic carbocycles. The molecular weight excluding hydrogens is 494 g/mol. The van der Waals surface area contributed by atoms with Crippen LogP contribution in [0.3, 0.4) is 0 Å². The number of fused-ring (bicyclic) bond motifs is 1. The number of alkyl halides is 3. The van der Waals surface area contributed by atoms with Crippen molar-refractivity contribution in [2.24, 2.45) is 0 Å². The zero-order valence-electron chi connectivity index (χ0n) is 18.0. The van der Waals surface area contributed by atoms with E-state index < -0.39 is 35.3 Å². The van der Waals surface area contributed by atoms with E-state index in [1.165, 1.54) is 17.6 Å². The molecule has 3 aromatic rings. The Morgan fingerprint density at radius 3 is 2.80 bits per heavy atom. The van der Waals surface area contributed by atoms with Crippen LogP contribution in [0.4, 0.5) is 17.6 Å². The van der Waals surface area contributed by atoms with Gasteiger partial charge in [0.25, 0.3) is 5.91 Å². The van der Waals surface area contributed by atoms with Crippen molar-refractivity contribution in [1.82, 2.24) is 15.3 Å². The summed E-state index contributed by atoms with van der Waals surface area (Å²) in [4.78, 5) is 33.4. The highest BCUT2D eigenvalue weighted by atomic mass is 32.1. The van der Waals surface area contributed by atoms with Crippen molar-refractivity contribution in [1.29, 1.82) is 0 Å². The van der Waals surface area contributed by atoms with Crippen LogP contribution in [0.15, 0.2) is 41.9 Å².